The van der Waals surface area contributed by atoms with Crippen molar-refractivity contribution in [2.45, 2.75) is 13.0 Å². The van der Waals surface area contributed by atoms with Crippen molar-refractivity contribution >= 4 is 35.1 Å². The Morgan fingerprint density at radius 1 is 1.11 bits per heavy atom. The Labute approximate surface area is 167 Å². The Hall–Kier alpha value is -2.44. The Morgan fingerprint density at radius 2 is 1.85 bits per heavy atom. The second-order valence-corrected chi connectivity index (χ2v) is 6.42. The Morgan fingerprint density at radius 3 is 2.48 bits per heavy atom. The van der Waals surface area contributed by atoms with E-state index in [0.717, 1.165) is 0 Å². The van der Waals surface area contributed by atoms with Gasteiger partial charge in [-0.15, -0.1) is 0 Å². The van der Waals surface area contributed by atoms with Crippen molar-refractivity contribution in [3.8, 4) is 11.5 Å². The summed E-state index contributed by atoms with van der Waals surface area (Å²) in [4.78, 5) is 24.4. The topological polar surface area (TPSA) is 73.9 Å². The van der Waals surface area contributed by atoms with Gasteiger partial charge in [0.05, 0.1) is 20.3 Å². The fraction of sp³-hybridized carbons (Fsp3) is 0.263. The molecule has 1 amide bonds. The molecule has 0 aliphatic rings. The number of ether oxygens (including phenoxy) is 3. The summed E-state index contributed by atoms with van der Waals surface area (Å²) in [5.41, 5.74) is 0.869. The van der Waals surface area contributed by atoms with Crippen LogP contribution in [0.25, 0.3) is 0 Å². The molecule has 0 aromatic heterocycles. The molecule has 0 aliphatic carbocycles. The minimum atomic E-state index is -0.696. The third kappa shape index (κ3) is 5.28. The zero-order valence-electron chi connectivity index (χ0n) is 15.0. The molecule has 0 saturated carbocycles. The zero-order chi connectivity index (χ0) is 20.0. The summed E-state index contributed by atoms with van der Waals surface area (Å²) >= 11 is 12.0. The van der Waals surface area contributed by atoms with Crippen LogP contribution in [0.1, 0.15) is 28.9 Å². The van der Waals surface area contributed by atoms with Gasteiger partial charge in [0.15, 0.2) is 18.1 Å². The highest BCUT2D eigenvalue weighted by atomic mass is 35.5. The molecule has 0 unspecified atom stereocenters. The van der Waals surface area contributed by atoms with Crippen LogP contribution in [-0.2, 0) is 9.53 Å². The minimum Gasteiger partial charge on any atom is -0.493 e. The van der Waals surface area contributed by atoms with Crippen LogP contribution in [0.4, 0.5) is 0 Å². The molecule has 0 spiro atoms. The highest BCUT2D eigenvalue weighted by Crippen LogP contribution is 2.31. The lowest BCUT2D eigenvalue weighted by Gasteiger charge is -2.16. The van der Waals surface area contributed by atoms with Crippen LogP contribution in [0.15, 0.2) is 36.4 Å². The first-order valence-electron chi connectivity index (χ1n) is 7.99. The lowest BCUT2D eigenvalue weighted by Crippen LogP contribution is -2.31. The predicted molar refractivity (Wildman–Crippen MR) is 103 cm³/mol. The highest BCUT2D eigenvalue weighted by molar-refractivity contribution is 6.35. The van der Waals surface area contributed by atoms with Crippen LogP contribution >= 0.6 is 23.2 Å². The molecule has 0 saturated heterocycles. The summed E-state index contributed by atoms with van der Waals surface area (Å²) in [5.74, 6) is -0.532. The summed E-state index contributed by atoms with van der Waals surface area (Å²) < 4.78 is 15.4. The van der Waals surface area contributed by atoms with E-state index in [1.807, 2.05) is 0 Å². The largest absolute Gasteiger partial charge is 0.493 e. The first-order chi connectivity index (χ1) is 12.9. The predicted octanol–water partition coefficient (Wildman–Crippen LogP) is 4.04. The number of esters is 1. The maximum atomic E-state index is 12.3. The SMILES string of the molecule is COc1cccc(C(=O)OCC(=O)N[C@H](C)c2ccc(Cl)cc2Cl)c1OC. The fourth-order valence-corrected chi connectivity index (χ4v) is 3.04. The average Bonchev–Trinajstić information content (AvgIpc) is 2.65. The standard InChI is InChI=1S/C19H19Cl2NO5/c1-11(13-8-7-12(20)9-15(13)21)22-17(23)10-27-19(24)14-5-4-6-16(25-2)18(14)26-3/h4-9,11H,10H2,1-3H3,(H,22,23)/t11-/m1/s1. The summed E-state index contributed by atoms with van der Waals surface area (Å²) in [6.07, 6.45) is 0. The number of hydrogen-bond acceptors (Lipinski definition) is 5. The maximum absolute atomic E-state index is 12.3. The fourth-order valence-electron chi connectivity index (χ4n) is 2.47. The molecule has 0 bridgehead atoms. The van der Waals surface area contributed by atoms with E-state index in [2.05, 4.69) is 5.32 Å². The first kappa shape index (κ1) is 20.9. The van der Waals surface area contributed by atoms with Gasteiger partial charge in [0.1, 0.15) is 5.56 Å². The van der Waals surface area contributed by atoms with Crippen molar-refractivity contribution in [3.05, 3.63) is 57.6 Å². The van der Waals surface area contributed by atoms with E-state index in [-0.39, 0.29) is 17.4 Å². The van der Waals surface area contributed by atoms with E-state index in [4.69, 9.17) is 37.4 Å². The number of rotatable bonds is 7. The van der Waals surface area contributed by atoms with Crippen LogP contribution in [0.2, 0.25) is 10.0 Å². The number of methoxy groups -OCH3 is 2. The van der Waals surface area contributed by atoms with Crippen molar-refractivity contribution in [2.24, 2.45) is 0 Å². The molecule has 0 heterocycles. The Kier molecular flexibility index (Phi) is 7.33. The van der Waals surface area contributed by atoms with E-state index in [9.17, 15) is 9.59 Å². The number of hydrogen-bond donors (Lipinski definition) is 1. The number of nitrogens with one attached hydrogen (secondary N) is 1. The summed E-state index contributed by atoms with van der Waals surface area (Å²) in [5, 5.41) is 3.66. The molecule has 0 aliphatic heterocycles. The molecule has 2 aromatic rings. The van der Waals surface area contributed by atoms with Gasteiger partial charge >= 0.3 is 5.97 Å². The van der Waals surface area contributed by atoms with E-state index in [1.165, 1.54) is 20.3 Å². The van der Waals surface area contributed by atoms with Gasteiger partial charge in [-0.1, -0.05) is 35.3 Å². The molecule has 2 rings (SSSR count). The van der Waals surface area contributed by atoms with Crippen molar-refractivity contribution in [1.29, 1.82) is 0 Å². The van der Waals surface area contributed by atoms with Gasteiger partial charge in [0.2, 0.25) is 0 Å². The van der Waals surface area contributed by atoms with Gasteiger partial charge in [0.25, 0.3) is 5.91 Å². The molecule has 0 radical (unpaired) electrons. The monoisotopic (exact) mass is 411 g/mol. The lowest BCUT2D eigenvalue weighted by atomic mass is 10.1. The van der Waals surface area contributed by atoms with Crippen molar-refractivity contribution in [3.63, 3.8) is 0 Å². The second-order valence-electron chi connectivity index (χ2n) is 5.57. The summed E-state index contributed by atoms with van der Waals surface area (Å²) in [6, 6.07) is 9.42. The van der Waals surface area contributed by atoms with Crippen LogP contribution in [0.5, 0.6) is 11.5 Å². The van der Waals surface area contributed by atoms with Crippen LogP contribution in [0, 0.1) is 0 Å². The molecular weight excluding hydrogens is 393 g/mol. The van der Waals surface area contributed by atoms with E-state index >= 15 is 0 Å². The number of amides is 1. The average molecular weight is 412 g/mol. The molecule has 1 atom stereocenters. The van der Waals surface area contributed by atoms with Crippen LogP contribution < -0.4 is 14.8 Å². The van der Waals surface area contributed by atoms with Crippen LogP contribution in [-0.4, -0.2) is 32.7 Å². The molecule has 2 aromatic carbocycles. The number of carbonyl (C=O) groups excluding carboxylic acids is 2. The number of carbonyl (C=O) groups is 2. The summed E-state index contributed by atoms with van der Waals surface area (Å²) in [6.45, 7) is 1.31. The van der Waals surface area contributed by atoms with Crippen molar-refractivity contribution in [2.75, 3.05) is 20.8 Å². The van der Waals surface area contributed by atoms with Crippen molar-refractivity contribution < 1.29 is 23.8 Å². The maximum Gasteiger partial charge on any atom is 0.342 e. The smallest absolute Gasteiger partial charge is 0.342 e. The molecule has 144 valence electrons. The number of para-hydroxylation sites is 1. The Bertz CT molecular complexity index is 841. The molecule has 6 nitrogen and oxygen atoms in total. The van der Waals surface area contributed by atoms with E-state index in [0.29, 0.717) is 21.4 Å². The van der Waals surface area contributed by atoms with Crippen LogP contribution in [0.3, 0.4) is 0 Å². The molecule has 0 fully saturated rings. The highest BCUT2D eigenvalue weighted by Gasteiger charge is 2.19. The second kappa shape index (κ2) is 9.48. The minimum absolute atomic E-state index is 0.165. The Balaban J connectivity index is 1.98. The zero-order valence-corrected chi connectivity index (χ0v) is 16.6. The van der Waals surface area contributed by atoms with Gasteiger partial charge in [-0.05, 0) is 36.8 Å². The van der Waals surface area contributed by atoms with Crippen molar-refractivity contribution in [1.82, 2.24) is 5.32 Å². The lowest BCUT2D eigenvalue weighted by molar-refractivity contribution is -0.124. The van der Waals surface area contributed by atoms with Gasteiger partial charge in [-0.3, -0.25) is 4.79 Å². The normalized spacial score (nSPS) is 11.4. The molecule has 1 N–H and O–H groups in total. The van der Waals surface area contributed by atoms with E-state index < -0.39 is 18.5 Å². The number of halogens is 2. The third-order valence-corrected chi connectivity index (χ3v) is 4.33. The van der Waals surface area contributed by atoms with Gasteiger partial charge in [-0.2, -0.15) is 0 Å². The third-order valence-electron chi connectivity index (χ3n) is 3.76. The molecule has 8 heteroatoms. The number of benzene rings is 2. The molecule has 27 heavy (non-hydrogen) atoms. The molecular formula is C19H19Cl2NO5. The van der Waals surface area contributed by atoms with Gasteiger partial charge in [0, 0.05) is 10.0 Å². The first-order valence-corrected chi connectivity index (χ1v) is 8.75. The summed E-state index contributed by atoms with van der Waals surface area (Å²) in [7, 11) is 2.88. The van der Waals surface area contributed by atoms with Gasteiger partial charge < -0.3 is 19.5 Å². The van der Waals surface area contributed by atoms with E-state index in [1.54, 1.807) is 37.3 Å². The van der Waals surface area contributed by atoms with Gasteiger partial charge in [-0.25, -0.2) is 4.79 Å². The quantitative estimate of drug-likeness (QED) is 0.695.